The van der Waals surface area contributed by atoms with E-state index in [1.54, 1.807) is 0 Å². The summed E-state index contributed by atoms with van der Waals surface area (Å²) in [4.78, 5) is 12.0. The fraction of sp³-hybridized carbons (Fsp3) is 0.500. The van der Waals surface area contributed by atoms with E-state index in [1.807, 2.05) is 18.2 Å². The van der Waals surface area contributed by atoms with Gasteiger partial charge in [-0.25, -0.2) is 0 Å². The van der Waals surface area contributed by atoms with Gasteiger partial charge in [-0.3, -0.25) is 4.79 Å². The number of hydrogen-bond donors (Lipinski definition) is 1. The summed E-state index contributed by atoms with van der Waals surface area (Å²) in [6, 6.07) is 6.00. The minimum Gasteiger partial charge on any atom is -0.324 e. The highest BCUT2D eigenvalue weighted by atomic mass is 79.9. The highest BCUT2D eigenvalue weighted by Gasteiger charge is 2.32. The number of halogens is 1. The van der Waals surface area contributed by atoms with E-state index in [2.05, 4.69) is 42.0 Å². The third kappa shape index (κ3) is 2.71. The number of benzene rings is 1. The van der Waals surface area contributed by atoms with E-state index in [0.29, 0.717) is 0 Å². The number of nitrogens with one attached hydrogen (secondary N) is 1. The van der Waals surface area contributed by atoms with Crippen LogP contribution in [0.25, 0.3) is 0 Å². The maximum Gasteiger partial charge on any atom is 0.232 e. The Labute approximate surface area is 111 Å². The molecule has 1 heterocycles. The molecule has 1 unspecified atom stereocenters. The fourth-order valence-corrected chi connectivity index (χ4v) is 2.66. The molecule has 2 rings (SSSR count). The molecule has 0 bridgehead atoms. The van der Waals surface area contributed by atoms with Crippen LogP contribution < -0.4 is 5.32 Å². The standard InChI is InChI=1S/C14H18BrNO/c1-14(2,3)8-7-10-9-5-4-6-11(15)12(9)16-13(10)17/h4-6,10H,7-8H2,1-3H3,(H,16,17). The maximum absolute atomic E-state index is 12.0. The normalized spacial score (nSPS) is 19.1. The summed E-state index contributed by atoms with van der Waals surface area (Å²) >= 11 is 3.48. The zero-order valence-electron chi connectivity index (χ0n) is 10.5. The Morgan fingerprint density at radius 2 is 2.06 bits per heavy atom. The summed E-state index contributed by atoms with van der Waals surface area (Å²) in [6.07, 6.45) is 1.97. The first-order valence-electron chi connectivity index (χ1n) is 5.98. The van der Waals surface area contributed by atoms with Crippen molar-refractivity contribution in [2.45, 2.75) is 39.5 Å². The van der Waals surface area contributed by atoms with Crippen LogP contribution in [0.2, 0.25) is 0 Å². The monoisotopic (exact) mass is 295 g/mol. The summed E-state index contributed by atoms with van der Waals surface area (Å²) in [6.45, 7) is 6.63. The molecule has 0 aliphatic carbocycles. The van der Waals surface area contributed by atoms with Gasteiger partial charge >= 0.3 is 0 Å². The van der Waals surface area contributed by atoms with Crippen LogP contribution in [0.4, 0.5) is 5.69 Å². The zero-order valence-corrected chi connectivity index (χ0v) is 12.1. The van der Waals surface area contributed by atoms with Gasteiger partial charge in [0.1, 0.15) is 0 Å². The van der Waals surface area contributed by atoms with Gasteiger partial charge in [-0.2, -0.15) is 0 Å². The van der Waals surface area contributed by atoms with Crippen LogP contribution in [0.3, 0.4) is 0 Å². The Hall–Kier alpha value is -0.830. The molecular formula is C14H18BrNO. The predicted molar refractivity (Wildman–Crippen MR) is 74.2 cm³/mol. The second kappa shape index (κ2) is 4.45. The minimum atomic E-state index is 0.0155. The lowest BCUT2D eigenvalue weighted by Gasteiger charge is -2.19. The van der Waals surface area contributed by atoms with Crippen molar-refractivity contribution in [1.82, 2.24) is 0 Å². The number of rotatable bonds is 2. The molecule has 0 spiro atoms. The van der Waals surface area contributed by atoms with E-state index in [0.717, 1.165) is 28.6 Å². The van der Waals surface area contributed by atoms with Crippen molar-refractivity contribution in [2.24, 2.45) is 5.41 Å². The van der Waals surface area contributed by atoms with Crippen LogP contribution in [0.1, 0.15) is 45.1 Å². The van der Waals surface area contributed by atoms with Crippen molar-refractivity contribution < 1.29 is 4.79 Å². The molecule has 3 heteroatoms. The number of carbonyl (C=O) groups is 1. The number of amides is 1. The van der Waals surface area contributed by atoms with Crippen molar-refractivity contribution in [3.63, 3.8) is 0 Å². The van der Waals surface area contributed by atoms with Crippen molar-refractivity contribution in [1.29, 1.82) is 0 Å². The largest absolute Gasteiger partial charge is 0.324 e. The molecule has 92 valence electrons. The topological polar surface area (TPSA) is 29.1 Å². The van der Waals surface area contributed by atoms with Gasteiger partial charge in [0.2, 0.25) is 5.91 Å². The molecule has 0 saturated carbocycles. The third-order valence-corrected chi connectivity index (χ3v) is 3.83. The first-order chi connectivity index (χ1) is 7.88. The first kappa shape index (κ1) is 12.6. The van der Waals surface area contributed by atoms with Crippen LogP contribution >= 0.6 is 15.9 Å². The van der Waals surface area contributed by atoms with Gasteiger partial charge in [-0.15, -0.1) is 0 Å². The summed E-state index contributed by atoms with van der Waals surface area (Å²) < 4.78 is 0.974. The highest BCUT2D eigenvalue weighted by molar-refractivity contribution is 9.10. The number of carbonyl (C=O) groups excluding carboxylic acids is 1. The van der Waals surface area contributed by atoms with E-state index >= 15 is 0 Å². The summed E-state index contributed by atoms with van der Waals surface area (Å²) in [5, 5.41) is 2.97. The molecule has 1 aliphatic rings. The lowest BCUT2D eigenvalue weighted by Crippen LogP contribution is -2.15. The van der Waals surface area contributed by atoms with Crippen molar-refractivity contribution in [2.75, 3.05) is 5.32 Å². The average Bonchev–Trinajstić information content (AvgIpc) is 2.52. The molecule has 0 radical (unpaired) electrons. The van der Waals surface area contributed by atoms with Crippen LogP contribution in [0.15, 0.2) is 22.7 Å². The Morgan fingerprint density at radius 3 is 2.71 bits per heavy atom. The van der Waals surface area contributed by atoms with E-state index in [1.165, 1.54) is 0 Å². The van der Waals surface area contributed by atoms with E-state index in [4.69, 9.17) is 0 Å². The Bertz CT molecular complexity index is 448. The molecular weight excluding hydrogens is 278 g/mol. The Kier molecular flexibility index (Phi) is 3.30. The van der Waals surface area contributed by atoms with Crippen molar-refractivity contribution >= 4 is 27.5 Å². The number of para-hydroxylation sites is 1. The highest BCUT2D eigenvalue weighted by Crippen LogP contribution is 2.41. The van der Waals surface area contributed by atoms with E-state index in [-0.39, 0.29) is 17.2 Å². The zero-order chi connectivity index (χ0) is 12.6. The van der Waals surface area contributed by atoms with Gasteiger partial charge in [0.05, 0.1) is 11.6 Å². The van der Waals surface area contributed by atoms with Crippen LogP contribution in [0.5, 0.6) is 0 Å². The van der Waals surface area contributed by atoms with Gasteiger partial charge in [-0.05, 0) is 45.8 Å². The second-order valence-corrected chi connectivity index (χ2v) is 6.70. The molecule has 1 aromatic rings. The SMILES string of the molecule is CC(C)(C)CCC1C(=O)Nc2c(Br)cccc21. The molecule has 1 N–H and O–H groups in total. The smallest absolute Gasteiger partial charge is 0.232 e. The lowest BCUT2D eigenvalue weighted by atomic mass is 9.85. The molecule has 1 aromatic carbocycles. The van der Waals surface area contributed by atoms with E-state index in [9.17, 15) is 4.79 Å². The lowest BCUT2D eigenvalue weighted by molar-refractivity contribution is -0.117. The molecule has 17 heavy (non-hydrogen) atoms. The Morgan fingerprint density at radius 1 is 1.35 bits per heavy atom. The quantitative estimate of drug-likeness (QED) is 0.865. The fourth-order valence-electron chi connectivity index (χ4n) is 2.18. The minimum absolute atomic E-state index is 0.0155. The van der Waals surface area contributed by atoms with Gasteiger partial charge in [-0.1, -0.05) is 32.9 Å². The number of fused-ring (bicyclic) bond motifs is 1. The summed E-state index contributed by atoms with van der Waals surface area (Å²) in [7, 11) is 0. The van der Waals surface area contributed by atoms with Gasteiger partial charge in [0.25, 0.3) is 0 Å². The first-order valence-corrected chi connectivity index (χ1v) is 6.77. The maximum atomic E-state index is 12.0. The van der Waals surface area contributed by atoms with E-state index < -0.39 is 0 Å². The predicted octanol–water partition coefficient (Wildman–Crippen LogP) is 4.31. The number of anilines is 1. The molecule has 0 saturated heterocycles. The van der Waals surface area contributed by atoms with Crippen LogP contribution in [-0.2, 0) is 4.79 Å². The molecule has 1 amide bonds. The summed E-state index contributed by atoms with van der Waals surface area (Å²) in [5.74, 6) is 0.151. The molecule has 2 nitrogen and oxygen atoms in total. The molecule has 0 aromatic heterocycles. The van der Waals surface area contributed by atoms with Gasteiger partial charge in [0, 0.05) is 4.47 Å². The molecule has 1 aliphatic heterocycles. The third-order valence-electron chi connectivity index (χ3n) is 3.17. The van der Waals surface area contributed by atoms with Gasteiger partial charge in [0.15, 0.2) is 0 Å². The number of hydrogen-bond acceptors (Lipinski definition) is 1. The molecule has 0 fully saturated rings. The van der Waals surface area contributed by atoms with Crippen LogP contribution in [0, 0.1) is 5.41 Å². The summed E-state index contributed by atoms with van der Waals surface area (Å²) in [5.41, 5.74) is 2.36. The average molecular weight is 296 g/mol. The second-order valence-electron chi connectivity index (χ2n) is 5.85. The van der Waals surface area contributed by atoms with Crippen molar-refractivity contribution in [3.05, 3.63) is 28.2 Å². The van der Waals surface area contributed by atoms with Crippen LogP contribution in [-0.4, -0.2) is 5.91 Å². The molecule has 1 atom stereocenters. The van der Waals surface area contributed by atoms with Gasteiger partial charge < -0.3 is 5.32 Å². The Balaban J connectivity index is 2.21. The van der Waals surface area contributed by atoms with Crippen molar-refractivity contribution in [3.8, 4) is 0 Å².